The van der Waals surface area contributed by atoms with Crippen molar-refractivity contribution in [1.29, 1.82) is 0 Å². The number of rotatable bonds is 2. The predicted octanol–water partition coefficient (Wildman–Crippen LogP) is 1.34. The molecule has 2 N–H and O–H groups in total. The minimum absolute atomic E-state index is 0.0749. The molecule has 1 aliphatic heterocycles. The summed E-state index contributed by atoms with van der Waals surface area (Å²) in [7, 11) is -3.07. The van der Waals surface area contributed by atoms with Crippen LogP contribution in [0.3, 0.4) is 0 Å². The van der Waals surface area contributed by atoms with Crippen molar-refractivity contribution in [2.75, 3.05) is 11.5 Å². The van der Waals surface area contributed by atoms with Crippen LogP contribution in [0.5, 0.6) is 0 Å². The number of hydrogen-bond acceptors (Lipinski definition) is 4. The average molecular weight is 289 g/mol. The van der Waals surface area contributed by atoms with Gasteiger partial charge in [-0.15, -0.1) is 0 Å². The van der Waals surface area contributed by atoms with E-state index in [2.05, 4.69) is 33.0 Å². The summed E-state index contributed by atoms with van der Waals surface area (Å²) in [5.74, 6) is -0.0182. The summed E-state index contributed by atoms with van der Waals surface area (Å²) in [4.78, 5) is 0. The predicted molar refractivity (Wildman–Crippen MR) is 76.8 cm³/mol. The van der Waals surface area contributed by atoms with Crippen molar-refractivity contribution in [3.8, 4) is 0 Å². The number of hydrogen-bond donors (Lipinski definition) is 2. The molecule has 2 aliphatic rings. The standard InChI is InChI=1S/C14H27NO3S/c1-13(2)5-10(6-14(3,4)9-13)15-11-7-19(17,18)8-12(11)16/h10-12,15-16H,5-9H2,1-4H3. The Bertz CT molecular complexity index is 426. The lowest BCUT2D eigenvalue weighted by molar-refractivity contribution is 0.0691. The molecule has 1 saturated heterocycles. The molecule has 112 valence electrons. The molecule has 2 rings (SSSR count). The van der Waals surface area contributed by atoms with Crippen LogP contribution in [0.15, 0.2) is 0 Å². The SMILES string of the molecule is CC1(C)CC(NC2CS(=O)(=O)CC2O)CC(C)(C)C1. The second-order valence-corrected chi connectivity index (χ2v) is 10.2. The number of aliphatic hydroxyl groups excluding tert-OH is 1. The molecule has 0 amide bonds. The molecule has 0 aromatic rings. The molecule has 2 fully saturated rings. The maximum atomic E-state index is 11.5. The van der Waals surface area contributed by atoms with Gasteiger partial charge in [0.1, 0.15) is 0 Å². The van der Waals surface area contributed by atoms with E-state index >= 15 is 0 Å². The smallest absolute Gasteiger partial charge is 0.154 e. The van der Waals surface area contributed by atoms with Gasteiger partial charge in [-0.2, -0.15) is 0 Å². The third kappa shape index (κ3) is 3.92. The zero-order chi connectivity index (χ0) is 14.5. The largest absolute Gasteiger partial charge is 0.390 e. The molecule has 1 aliphatic carbocycles. The van der Waals surface area contributed by atoms with Crippen LogP contribution in [0.2, 0.25) is 0 Å². The van der Waals surface area contributed by atoms with Crippen molar-refractivity contribution in [1.82, 2.24) is 5.32 Å². The highest BCUT2D eigenvalue weighted by atomic mass is 32.2. The Morgan fingerprint density at radius 1 is 1.05 bits per heavy atom. The number of aliphatic hydroxyl groups is 1. The zero-order valence-electron chi connectivity index (χ0n) is 12.4. The maximum Gasteiger partial charge on any atom is 0.154 e. The van der Waals surface area contributed by atoms with Gasteiger partial charge in [0.25, 0.3) is 0 Å². The van der Waals surface area contributed by atoms with E-state index in [1.54, 1.807) is 0 Å². The lowest BCUT2D eigenvalue weighted by Gasteiger charge is -2.46. The average Bonchev–Trinajstić information content (AvgIpc) is 2.33. The van der Waals surface area contributed by atoms with Gasteiger partial charge in [-0.05, 0) is 30.1 Å². The van der Waals surface area contributed by atoms with Crippen LogP contribution in [0.25, 0.3) is 0 Å². The summed E-state index contributed by atoms with van der Waals surface area (Å²) in [5.41, 5.74) is 0.531. The van der Waals surface area contributed by atoms with Crippen molar-refractivity contribution in [2.45, 2.75) is 65.1 Å². The van der Waals surface area contributed by atoms with Crippen molar-refractivity contribution in [3.63, 3.8) is 0 Å². The summed E-state index contributed by atoms with van der Waals surface area (Å²) < 4.78 is 23.1. The molecule has 0 spiro atoms. The highest BCUT2D eigenvalue weighted by Gasteiger charge is 2.42. The lowest BCUT2D eigenvalue weighted by Crippen LogP contribution is -2.50. The van der Waals surface area contributed by atoms with Gasteiger partial charge in [0, 0.05) is 12.1 Å². The van der Waals surface area contributed by atoms with E-state index in [-0.39, 0.29) is 28.4 Å². The molecule has 4 nitrogen and oxygen atoms in total. The molecule has 1 saturated carbocycles. The van der Waals surface area contributed by atoms with Gasteiger partial charge < -0.3 is 10.4 Å². The van der Waals surface area contributed by atoms with Crippen molar-refractivity contribution in [2.24, 2.45) is 10.8 Å². The van der Waals surface area contributed by atoms with Crippen molar-refractivity contribution < 1.29 is 13.5 Å². The highest BCUT2D eigenvalue weighted by Crippen LogP contribution is 2.45. The van der Waals surface area contributed by atoms with Gasteiger partial charge in [-0.25, -0.2) is 8.42 Å². The Morgan fingerprint density at radius 3 is 2.00 bits per heavy atom. The number of nitrogens with one attached hydrogen (secondary N) is 1. The Kier molecular flexibility index (Phi) is 3.78. The Morgan fingerprint density at radius 2 is 1.58 bits per heavy atom. The molecule has 0 aromatic carbocycles. The fourth-order valence-electron chi connectivity index (χ4n) is 4.25. The van der Waals surface area contributed by atoms with Gasteiger partial charge in [-0.1, -0.05) is 27.7 Å². The summed E-state index contributed by atoms with van der Waals surface area (Å²) in [6.45, 7) is 9.07. The first-order valence-electron chi connectivity index (χ1n) is 7.13. The first-order valence-corrected chi connectivity index (χ1v) is 8.95. The fraction of sp³-hybridized carbons (Fsp3) is 1.00. The minimum atomic E-state index is -3.07. The van der Waals surface area contributed by atoms with Crippen molar-refractivity contribution >= 4 is 9.84 Å². The molecular formula is C14H27NO3S. The second kappa shape index (κ2) is 4.71. The zero-order valence-corrected chi connectivity index (χ0v) is 13.3. The van der Waals surface area contributed by atoms with Crippen molar-refractivity contribution in [3.05, 3.63) is 0 Å². The Hall–Kier alpha value is -0.130. The summed E-state index contributed by atoms with van der Waals surface area (Å²) >= 11 is 0. The van der Waals surface area contributed by atoms with Gasteiger partial charge in [0.05, 0.1) is 17.6 Å². The minimum Gasteiger partial charge on any atom is -0.390 e. The van der Waals surface area contributed by atoms with Crippen LogP contribution in [0.4, 0.5) is 0 Å². The molecule has 0 radical (unpaired) electrons. The van der Waals surface area contributed by atoms with Crippen LogP contribution in [-0.2, 0) is 9.84 Å². The van der Waals surface area contributed by atoms with E-state index in [1.807, 2.05) is 0 Å². The summed E-state index contributed by atoms with van der Waals surface area (Å²) in [6, 6.07) is 0.00593. The van der Waals surface area contributed by atoms with E-state index in [0.717, 1.165) is 12.8 Å². The topological polar surface area (TPSA) is 66.4 Å². The molecular weight excluding hydrogens is 262 g/mol. The normalized spacial score (nSPS) is 37.3. The Balaban J connectivity index is 2.03. The van der Waals surface area contributed by atoms with Crippen LogP contribution in [0, 0.1) is 10.8 Å². The molecule has 2 atom stereocenters. The van der Waals surface area contributed by atoms with E-state index < -0.39 is 15.9 Å². The third-order valence-corrected chi connectivity index (χ3v) is 6.04. The van der Waals surface area contributed by atoms with Gasteiger partial charge in [-0.3, -0.25) is 0 Å². The molecule has 5 heteroatoms. The van der Waals surface area contributed by atoms with Crippen LogP contribution >= 0.6 is 0 Å². The fourth-order valence-corrected chi connectivity index (χ4v) is 6.01. The third-order valence-electron chi connectivity index (χ3n) is 4.33. The van der Waals surface area contributed by atoms with E-state index in [0.29, 0.717) is 6.04 Å². The van der Waals surface area contributed by atoms with Crippen LogP contribution in [-0.4, -0.2) is 43.2 Å². The number of sulfone groups is 1. The maximum absolute atomic E-state index is 11.5. The first kappa shape index (κ1) is 15.3. The summed E-state index contributed by atoms with van der Waals surface area (Å²) in [5, 5.41) is 13.3. The summed E-state index contributed by atoms with van der Waals surface area (Å²) in [6.07, 6.45) is 2.52. The molecule has 2 unspecified atom stereocenters. The van der Waals surface area contributed by atoms with Gasteiger partial charge in [0.15, 0.2) is 9.84 Å². The van der Waals surface area contributed by atoms with E-state index in [1.165, 1.54) is 6.42 Å². The lowest BCUT2D eigenvalue weighted by atomic mass is 9.63. The molecule has 0 aromatic heterocycles. The van der Waals surface area contributed by atoms with Crippen LogP contribution in [0.1, 0.15) is 47.0 Å². The quantitative estimate of drug-likeness (QED) is 0.805. The van der Waals surface area contributed by atoms with Gasteiger partial charge in [0.2, 0.25) is 0 Å². The monoisotopic (exact) mass is 289 g/mol. The molecule has 1 heterocycles. The highest BCUT2D eigenvalue weighted by molar-refractivity contribution is 7.91. The van der Waals surface area contributed by atoms with E-state index in [9.17, 15) is 13.5 Å². The Labute approximate surface area is 116 Å². The van der Waals surface area contributed by atoms with Crippen LogP contribution < -0.4 is 5.32 Å². The first-order chi connectivity index (χ1) is 8.48. The van der Waals surface area contributed by atoms with E-state index in [4.69, 9.17) is 0 Å². The molecule has 19 heavy (non-hydrogen) atoms. The second-order valence-electron chi connectivity index (χ2n) is 8.03. The van der Waals surface area contributed by atoms with Gasteiger partial charge >= 0.3 is 0 Å². The molecule has 0 bridgehead atoms.